The lowest BCUT2D eigenvalue weighted by molar-refractivity contribution is -0.131. The molecule has 19 heavy (non-hydrogen) atoms. The van der Waals surface area contributed by atoms with Crippen LogP contribution < -0.4 is 0 Å². The van der Waals surface area contributed by atoms with Crippen molar-refractivity contribution >= 4 is 0 Å². The first-order valence-electron chi connectivity index (χ1n) is 7.55. The van der Waals surface area contributed by atoms with Gasteiger partial charge in [0.1, 0.15) is 0 Å². The van der Waals surface area contributed by atoms with Crippen molar-refractivity contribution in [3.8, 4) is 0 Å². The van der Waals surface area contributed by atoms with Crippen molar-refractivity contribution in [1.82, 2.24) is 0 Å². The molecule has 3 heteroatoms. The Morgan fingerprint density at radius 2 is 1.37 bits per heavy atom. The summed E-state index contributed by atoms with van der Waals surface area (Å²) in [6.07, 6.45) is 3.16. The summed E-state index contributed by atoms with van der Waals surface area (Å²) < 4.78 is 17.2. The Bertz CT molecular complexity index is 218. The molecule has 0 heterocycles. The third-order valence-electron chi connectivity index (χ3n) is 4.73. The van der Waals surface area contributed by atoms with E-state index in [4.69, 9.17) is 14.2 Å². The highest BCUT2D eigenvalue weighted by Crippen LogP contribution is 2.34. The van der Waals surface area contributed by atoms with Crippen LogP contribution in [0.4, 0.5) is 0 Å². The van der Waals surface area contributed by atoms with Gasteiger partial charge in [0.15, 0.2) is 0 Å². The second kappa shape index (κ2) is 8.93. The first-order chi connectivity index (χ1) is 8.93. The van der Waals surface area contributed by atoms with Crippen molar-refractivity contribution in [2.24, 2.45) is 11.3 Å². The maximum absolute atomic E-state index is 6.26. The lowest BCUT2D eigenvalue weighted by atomic mass is 9.76. The van der Waals surface area contributed by atoms with Gasteiger partial charge in [-0.05, 0) is 25.7 Å². The number of rotatable bonds is 11. The van der Waals surface area contributed by atoms with E-state index in [0.717, 1.165) is 19.3 Å². The predicted molar refractivity (Wildman–Crippen MR) is 80.6 cm³/mol. The maximum Gasteiger partial charge on any atom is 0.0649 e. The summed E-state index contributed by atoms with van der Waals surface area (Å²) in [5.41, 5.74) is -0.0932. The van der Waals surface area contributed by atoms with Crippen molar-refractivity contribution in [1.29, 1.82) is 0 Å². The zero-order valence-electron chi connectivity index (χ0n) is 14.0. The maximum atomic E-state index is 6.26. The van der Waals surface area contributed by atoms with E-state index in [0.29, 0.717) is 25.7 Å². The minimum Gasteiger partial charge on any atom is -0.384 e. The largest absolute Gasteiger partial charge is 0.384 e. The minimum absolute atomic E-state index is 0.0415. The average Bonchev–Trinajstić information content (AvgIpc) is 2.44. The van der Waals surface area contributed by atoms with E-state index >= 15 is 0 Å². The molecule has 0 aliphatic rings. The Morgan fingerprint density at radius 1 is 0.895 bits per heavy atom. The van der Waals surface area contributed by atoms with E-state index in [1.165, 1.54) is 0 Å². The predicted octanol–water partition coefficient (Wildman–Crippen LogP) is 3.91. The third kappa shape index (κ3) is 5.41. The first-order valence-corrected chi connectivity index (χ1v) is 7.55. The molecule has 116 valence electrons. The highest BCUT2D eigenvalue weighted by molar-refractivity contribution is 4.85. The van der Waals surface area contributed by atoms with Crippen LogP contribution in [0.2, 0.25) is 0 Å². The summed E-state index contributed by atoms with van der Waals surface area (Å²) in [5.74, 6) is 0.505. The summed E-state index contributed by atoms with van der Waals surface area (Å²) in [7, 11) is 3.51. The zero-order valence-corrected chi connectivity index (χ0v) is 14.0. The molecule has 0 radical (unpaired) electrons. The monoisotopic (exact) mass is 274 g/mol. The zero-order chi connectivity index (χ0) is 14.9. The molecule has 0 rings (SSSR count). The number of methoxy groups -OCH3 is 2. The summed E-state index contributed by atoms with van der Waals surface area (Å²) in [4.78, 5) is 0. The van der Waals surface area contributed by atoms with Gasteiger partial charge < -0.3 is 14.2 Å². The van der Waals surface area contributed by atoms with Crippen LogP contribution in [0.1, 0.15) is 53.9 Å². The number of hydrogen-bond acceptors (Lipinski definition) is 3. The molecule has 0 N–H and O–H groups in total. The Kier molecular flexibility index (Phi) is 8.88. The van der Waals surface area contributed by atoms with Crippen LogP contribution in [-0.2, 0) is 14.2 Å². The van der Waals surface area contributed by atoms with Crippen molar-refractivity contribution in [3.05, 3.63) is 0 Å². The Balaban J connectivity index is 4.91. The second-order valence-electron chi connectivity index (χ2n) is 5.98. The van der Waals surface area contributed by atoms with Gasteiger partial charge in [-0.3, -0.25) is 0 Å². The summed E-state index contributed by atoms with van der Waals surface area (Å²) >= 11 is 0. The van der Waals surface area contributed by atoms with Gasteiger partial charge in [-0.15, -0.1) is 0 Å². The Morgan fingerprint density at radius 3 is 1.68 bits per heavy atom. The van der Waals surface area contributed by atoms with E-state index in [-0.39, 0.29) is 11.0 Å². The first kappa shape index (κ1) is 18.9. The highest BCUT2D eigenvalue weighted by atomic mass is 16.5. The van der Waals surface area contributed by atoms with E-state index in [2.05, 4.69) is 34.6 Å². The molecule has 1 unspecified atom stereocenters. The van der Waals surface area contributed by atoms with Crippen molar-refractivity contribution < 1.29 is 14.2 Å². The van der Waals surface area contributed by atoms with Crippen molar-refractivity contribution in [3.63, 3.8) is 0 Å². The van der Waals surface area contributed by atoms with Gasteiger partial charge in [0.2, 0.25) is 0 Å². The molecule has 0 aliphatic carbocycles. The van der Waals surface area contributed by atoms with E-state index < -0.39 is 0 Å². The second-order valence-corrected chi connectivity index (χ2v) is 5.98. The van der Waals surface area contributed by atoms with Gasteiger partial charge >= 0.3 is 0 Å². The van der Waals surface area contributed by atoms with Crippen LogP contribution in [0.25, 0.3) is 0 Å². The molecule has 0 amide bonds. The lowest BCUT2D eigenvalue weighted by Crippen LogP contribution is -2.45. The van der Waals surface area contributed by atoms with Crippen LogP contribution in [0.5, 0.6) is 0 Å². The summed E-state index contributed by atoms with van der Waals surface area (Å²) in [5, 5.41) is 0. The molecular weight excluding hydrogens is 240 g/mol. The SMILES string of the molecule is CCC(C)C(COC)(COC)COC(C)(CC)CC. The quantitative estimate of drug-likeness (QED) is 0.572. The minimum atomic E-state index is -0.0517. The molecule has 0 saturated heterocycles. The average molecular weight is 274 g/mol. The van der Waals surface area contributed by atoms with Crippen molar-refractivity contribution in [2.75, 3.05) is 34.0 Å². The summed E-state index contributed by atoms with van der Waals surface area (Å²) in [6.45, 7) is 13.1. The molecule has 0 aromatic carbocycles. The van der Waals surface area contributed by atoms with Gasteiger partial charge in [0, 0.05) is 19.6 Å². The molecule has 0 saturated carbocycles. The normalized spacial score (nSPS) is 14.7. The molecule has 0 aromatic heterocycles. The third-order valence-corrected chi connectivity index (χ3v) is 4.73. The molecule has 0 fully saturated rings. The van der Waals surface area contributed by atoms with Crippen LogP contribution in [0.3, 0.4) is 0 Å². The molecule has 3 nitrogen and oxygen atoms in total. The molecule has 0 aromatic rings. The van der Waals surface area contributed by atoms with Crippen LogP contribution in [0, 0.1) is 11.3 Å². The van der Waals surface area contributed by atoms with Crippen LogP contribution in [0.15, 0.2) is 0 Å². The standard InChI is InChI=1S/C16H34O3/c1-8-14(4)16(11-17-6,12-18-7)13-19-15(5,9-2)10-3/h14H,8-13H2,1-7H3. The molecule has 1 atom stereocenters. The fourth-order valence-electron chi connectivity index (χ4n) is 2.33. The smallest absolute Gasteiger partial charge is 0.0649 e. The van der Waals surface area contributed by atoms with Gasteiger partial charge in [-0.1, -0.05) is 34.1 Å². The Labute approximate surface area is 120 Å². The fourth-order valence-corrected chi connectivity index (χ4v) is 2.33. The number of ether oxygens (including phenoxy) is 3. The molecular formula is C16H34O3. The Hall–Kier alpha value is -0.120. The van der Waals surface area contributed by atoms with Gasteiger partial charge in [0.05, 0.1) is 25.4 Å². The highest BCUT2D eigenvalue weighted by Gasteiger charge is 2.38. The van der Waals surface area contributed by atoms with Crippen LogP contribution >= 0.6 is 0 Å². The molecule has 0 aliphatic heterocycles. The fraction of sp³-hybridized carbons (Fsp3) is 1.00. The molecule has 0 bridgehead atoms. The van der Waals surface area contributed by atoms with Crippen molar-refractivity contribution in [2.45, 2.75) is 59.5 Å². The number of hydrogen-bond donors (Lipinski definition) is 0. The molecule has 0 spiro atoms. The lowest BCUT2D eigenvalue weighted by Gasteiger charge is -2.40. The van der Waals surface area contributed by atoms with Gasteiger partial charge in [-0.2, -0.15) is 0 Å². The summed E-state index contributed by atoms with van der Waals surface area (Å²) in [6, 6.07) is 0. The van der Waals surface area contributed by atoms with Gasteiger partial charge in [-0.25, -0.2) is 0 Å². The van der Waals surface area contributed by atoms with Crippen LogP contribution in [-0.4, -0.2) is 39.6 Å². The topological polar surface area (TPSA) is 27.7 Å². The van der Waals surface area contributed by atoms with E-state index in [1.54, 1.807) is 14.2 Å². The van der Waals surface area contributed by atoms with E-state index in [9.17, 15) is 0 Å². The van der Waals surface area contributed by atoms with Gasteiger partial charge in [0.25, 0.3) is 0 Å². The van der Waals surface area contributed by atoms with E-state index in [1.807, 2.05) is 0 Å².